The van der Waals surface area contributed by atoms with Gasteiger partial charge in [-0.15, -0.1) is 0 Å². The lowest BCUT2D eigenvalue weighted by atomic mass is 9.95. The first-order valence-electron chi connectivity index (χ1n) is 8.33. The van der Waals surface area contributed by atoms with Crippen LogP contribution in [0, 0.1) is 5.41 Å². The van der Waals surface area contributed by atoms with Crippen molar-refractivity contribution in [2.24, 2.45) is 5.41 Å². The van der Waals surface area contributed by atoms with Gasteiger partial charge in [0.15, 0.2) is 0 Å². The van der Waals surface area contributed by atoms with E-state index in [4.69, 9.17) is 0 Å². The molecule has 23 heavy (non-hydrogen) atoms. The van der Waals surface area contributed by atoms with Crippen molar-refractivity contribution in [2.45, 2.75) is 58.9 Å². The minimum absolute atomic E-state index is 0.0543. The van der Waals surface area contributed by atoms with E-state index in [1.54, 1.807) is 6.07 Å². The molecule has 0 radical (unpaired) electrons. The molecular weight excluding hydrogens is 290 g/mol. The third-order valence-corrected chi connectivity index (χ3v) is 4.00. The first-order valence-corrected chi connectivity index (χ1v) is 8.33. The van der Waals surface area contributed by atoms with Gasteiger partial charge < -0.3 is 16.0 Å². The summed E-state index contributed by atoms with van der Waals surface area (Å²) >= 11 is 0. The minimum atomic E-state index is -0.457. The van der Waals surface area contributed by atoms with E-state index in [9.17, 15) is 9.59 Å². The highest BCUT2D eigenvalue weighted by molar-refractivity contribution is 5.96. The molecule has 1 aliphatic carbocycles. The second kappa shape index (κ2) is 7.49. The Morgan fingerprint density at radius 2 is 1.61 bits per heavy atom. The van der Waals surface area contributed by atoms with Crippen molar-refractivity contribution in [3.63, 3.8) is 0 Å². The van der Waals surface area contributed by atoms with Crippen LogP contribution in [0.2, 0.25) is 0 Å². The van der Waals surface area contributed by atoms with E-state index in [0.717, 1.165) is 12.8 Å². The molecule has 0 saturated heterocycles. The van der Waals surface area contributed by atoms with Gasteiger partial charge >= 0.3 is 6.03 Å². The number of benzene rings is 1. The fraction of sp³-hybridized carbons (Fsp3) is 0.556. The van der Waals surface area contributed by atoms with Crippen molar-refractivity contribution >= 4 is 23.3 Å². The molecule has 0 aliphatic heterocycles. The van der Waals surface area contributed by atoms with Gasteiger partial charge in [0, 0.05) is 22.8 Å². The molecule has 5 nitrogen and oxygen atoms in total. The Labute approximate surface area is 138 Å². The van der Waals surface area contributed by atoms with Crippen LogP contribution in [0.1, 0.15) is 52.9 Å². The summed E-state index contributed by atoms with van der Waals surface area (Å²) in [7, 11) is 0. The van der Waals surface area contributed by atoms with Crippen LogP contribution in [0.25, 0.3) is 0 Å². The van der Waals surface area contributed by atoms with Gasteiger partial charge in [0.2, 0.25) is 5.91 Å². The van der Waals surface area contributed by atoms with Crippen molar-refractivity contribution < 1.29 is 9.59 Å². The van der Waals surface area contributed by atoms with Crippen LogP contribution in [0.15, 0.2) is 24.3 Å². The van der Waals surface area contributed by atoms with E-state index in [1.165, 1.54) is 19.3 Å². The molecule has 0 spiro atoms. The van der Waals surface area contributed by atoms with Gasteiger partial charge in [0.25, 0.3) is 0 Å². The lowest BCUT2D eigenvalue weighted by Crippen LogP contribution is -2.39. The molecule has 0 bridgehead atoms. The van der Waals surface area contributed by atoms with E-state index in [2.05, 4.69) is 16.0 Å². The molecule has 0 aromatic heterocycles. The highest BCUT2D eigenvalue weighted by Gasteiger charge is 2.21. The molecule has 3 N–H and O–H groups in total. The van der Waals surface area contributed by atoms with Gasteiger partial charge in [-0.2, -0.15) is 0 Å². The van der Waals surface area contributed by atoms with Gasteiger partial charge in [-0.3, -0.25) is 4.79 Å². The predicted octanol–water partition coefficient (Wildman–Crippen LogP) is 4.13. The summed E-state index contributed by atoms with van der Waals surface area (Å²) in [5.74, 6) is -0.0543. The summed E-state index contributed by atoms with van der Waals surface area (Å²) in [6.07, 6.45) is 5.72. The summed E-state index contributed by atoms with van der Waals surface area (Å²) in [5.41, 5.74) is 0.896. The normalized spacial score (nSPS) is 15.8. The van der Waals surface area contributed by atoms with E-state index in [1.807, 2.05) is 39.0 Å². The number of hydrogen-bond donors (Lipinski definition) is 3. The SMILES string of the molecule is CC(C)(C)C(=O)Nc1cccc(NC(=O)NC2CCCCC2)c1. The lowest BCUT2D eigenvalue weighted by Gasteiger charge is -2.23. The number of hydrogen-bond acceptors (Lipinski definition) is 2. The zero-order chi connectivity index (χ0) is 16.9. The number of rotatable bonds is 3. The highest BCUT2D eigenvalue weighted by atomic mass is 16.2. The predicted molar refractivity (Wildman–Crippen MR) is 93.6 cm³/mol. The molecule has 1 aromatic rings. The molecule has 1 fully saturated rings. The third-order valence-electron chi connectivity index (χ3n) is 4.00. The van der Waals surface area contributed by atoms with Crippen molar-refractivity contribution in [3.05, 3.63) is 24.3 Å². The smallest absolute Gasteiger partial charge is 0.319 e. The third kappa shape index (κ3) is 5.58. The van der Waals surface area contributed by atoms with Crippen LogP contribution in [0.4, 0.5) is 16.2 Å². The van der Waals surface area contributed by atoms with Crippen molar-refractivity contribution in [2.75, 3.05) is 10.6 Å². The van der Waals surface area contributed by atoms with Crippen molar-refractivity contribution in [3.8, 4) is 0 Å². The maximum absolute atomic E-state index is 12.1. The summed E-state index contributed by atoms with van der Waals surface area (Å²) in [6.45, 7) is 5.59. The number of urea groups is 1. The van der Waals surface area contributed by atoms with Crippen molar-refractivity contribution in [1.29, 1.82) is 0 Å². The maximum Gasteiger partial charge on any atom is 0.319 e. The molecular formula is C18H27N3O2. The molecule has 2 rings (SSSR count). The molecule has 1 aliphatic rings. The average Bonchev–Trinajstić information content (AvgIpc) is 2.47. The second-order valence-corrected chi connectivity index (χ2v) is 7.22. The molecule has 1 aromatic carbocycles. The number of carbonyl (C=O) groups is 2. The molecule has 1 saturated carbocycles. The number of nitrogens with one attached hydrogen (secondary N) is 3. The monoisotopic (exact) mass is 317 g/mol. The maximum atomic E-state index is 12.1. The Morgan fingerprint density at radius 1 is 1.00 bits per heavy atom. The quantitative estimate of drug-likeness (QED) is 0.784. The molecule has 3 amide bonds. The summed E-state index contributed by atoms with van der Waals surface area (Å²) < 4.78 is 0. The van der Waals surface area contributed by atoms with Crippen LogP contribution < -0.4 is 16.0 Å². The zero-order valence-electron chi connectivity index (χ0n) is 14.2. The largest absolute Gasteiger partial charge is 0.335 e. The average molecular weight is 317 g/mol. The van der Waals surface area contributed by atoms with Gasteiger partial charge in [-0.1, -0.05) is 46.1 Å². The second-order valence-electron chi connectivity index (χ2n) is 7.22. The first-order chi connectivity index (χ1) is 10.8. The first kappa shape index (κ1) is 17.3. The van der Waals surface area contributed by atoms with Gasteiger partial charge in [0.1, 0.15) is 0 Å². The molecule has 0 heterocycles. The molecule has 0 unspecified atom stereocenters. The molecule has 5 heteroatoms. The van der Waals surface area contributed by atoms with Crippen LogP contribution in [0.3, 0.4) is 0 Å². The standard InChI is InChI=1S/C18H27N3O2/c1-18(2,3)16(22)19-14-10-7-11-15(12-14)21-17(23)20-13-8-5-4-6-9-13/h7,10-13H,4-6,8-9H2,1-3H3,(H,19,22)(H2,20,21,23). The Bertz CT molecular complexity index is 558. The van der Waals surface area contributed by atoms with Crippen LogP contribution >= 0.6 is 0 Å². The number of amides is 3. The van der Waals surface area contributed by atoms with Crippen LogP contribution in [-0.2, 0) is 4.79 Å². The Hall–Kier alpha value is -2.04. The van der Waals surface area contributed by atoms with E-state index >= 15 is 0 Å². The Balaban J connectivity index is 1.91. The van der Waals surface area contributed by atoms with E-state index in [-0.39, 0.29) is 18.0 Å². The summed E-state index contributed by atoms with van der Waals surface area (Å²) in [4.78, 5) is 24.1. The highest BCUT2D eigenvalue weighted by Crippen LogP contribution is 2.20. The van der Waals surface area contributed by atoms with E-state index in [0.29, 0.717) is 11.4 Å². The lowest BCUT2D eigenvalue weighted by molar-refractivity contribution is -0.123. The zero-order valence-corrected chi connectivity index (χ0v) is 14.2. The number of anilines is 2. The summed E-state index contributed by atoms with van der Waals surface area (Å²) in [6, 6.07) is 7.29. The topological polar surface area (TPSA) is 70.2 Å². The Kier molecular flexibility index (Phi) is 5.64. The fourth-order valence-corrected chi connectivity index (χ4v) is 2.59. The minimum Gasteiger partial charge on any atom is -0.335 e. The summed E-state index contributed by atoms with van der Waals surface area (Å²) in [5, 5.41) is 8.72. The number of carbonyl (C=O) groups excluding carboxylic acids is 2. The molecule has 0 atom stereocenters. The fourth-order valence-electron chi connectivity index (χ4n) is 2.59. The van der Waals surface area contributed by atoms with Gasteiger partial charge in [0.05, 0.1) is 0 Å². The van der Waals surface area contributed by atoms with Crippen LogP contribution in [0.5, 0.6) is 0 Å². The van der Waals surface area contributed by atoms with Crippen molar-refractivity contribution in [1.82, 2.24) is 5.32 Å². The van der Waals surface area contributed by atoms with Gasteiger partial charge in [-0.05, 0) is 31.0 Å². The van der Waals surface area contributed by atoms with E-state index < -0.39 is 5.41 Å². The van der Waals surface area contributed by atoms with Gasteiger partial charge in [-0.25, -0.2) is 4.79 Å². The Morgan fingerprint density at radius 3 is 2.22 bits per heavy atom. The molecule has 126 valence electrons. The van der Waals surface area contributed by atoms with Crippen LogP contribution in [-0.4, -0.2) is 18.0 Å².